The lowest BCUT2D eigenvalue weighted by Gasteiger charge is -2.40. The molecule has 0 bridgehead atoms. The molecule has 11 heteroatoms. The third kappa shape index (κ3) is 61.0. The number of allylic oxidation sites excluding steroid dienone is 9. The van der Waals surface area contributed by atoms with Crippen LogP contribution in [0.5, 0.6) is 0 Å². The summed E-state index contributed by atoms with van der Waals surface area (Å²) in [4.78, 5) is 25.2. The molecule has 0 saturated carbocycles. The van der Waals surface area contributed by atoms with Crippen molar-refractivity contribution in [2.24, 2.45) is 0 Å². The number of carbonyl (C=O) groups is 2. The van der Waals surface area contributed by atoms with E-state index in [1.165, 1.54) is 302 Å². The molecule has 1 aliphatic rings. The first kappa shape index (κ1) is 90.4. The molecule has 95 heavy (non-hydrogen) atoms. The minimum Gasteiger partial charge on any atom is -0.466 e. The van der Waals surface area contributed by atoms with Gasteiger partial charge in [-0.05, 0) is 89.9 Å². The smallest absolute Gasteiger partial charge is 0.305 e. The molecule has 11 nitrogen and oxygen atoms in total. The zero-order valence-corrected chi connectivity index (χ0v) is 62.1. The predicted octanol–water partition coefficient (Wildman–Crippen LogP) is 22.4. The Morgan fingerprint density at radius 3 is 1.11 bits per heavy atom. The van der Waals surface area contributed by atoms with Gasteiger partial charge < -0.3 is 45.1 Å². The number of hydrogen-bond donors (Lipinski definition) is 6. The molecular weight excluding hydrogens is 1180 g/mol. The molecule has 1 heterocycles. The molecule has 0 spiro atoms. The largest absolute Gasteiger partial charge is 0.466 e. The van der Waals surface area contributed by atoms with Crippen LogP contribution in [0.3, 0.4) is 0 Å². The summed E-state index contributed by atoms with van der Waals surface area (Å²) in [6.45, 7) is 4.36. The number of carbonyl (C=O) groups excluding carboxylic acids is 2. The second-order valence-electron chi connectivity index (χ2n) is 28.5. The number of ether oxygens (including phenoxy) is 3. The summed E-state index contributed by atoms with van der Waals surface area (Å²) in [6.07, 6.45) is 88.3. The van der Waals surface area contributed by atoms with Crippen molar-refractivity contribution in [3.05, 3.63) is 60.8 Å². The lowest BCUT2D eigenvalue weighted by Crippen LogP contribution is -2.60. The average Bonchev–Trinajstić information content (AvgIpc) is 0.850. The Hall–Kier alpha value is -2.64. The van der Waals surface area contributed by atoms with Gasteiger partial charge in [0, 0.05) is 12.8 Å². The maximum absolute atomic E-state index is 13.1. The van der Waals surface area contributed by atoms with E-state index in [9.17, 15) is 35.1 Å². The summed E-state index contributed by atoms with van der Waals surface area (Å²) in [7, 11) is 0. The second-order valence-corrected chi connectivity index (χ2v) is 28.5. The number of rotatable bonds is 73. The van der Waals surface area contributed by atoms with Crippen LogP contribution in [0.1, 0.15) is 399 Å². The zero-order chi connectivity index (χ0) is 68.6. The van der Waals surface area contributed by atoms with Crippen LogP contribution in [-0.4, -0.2) is 100 Å². The highest BCUT2D eigenvalue weighted by atomic mass is 16.7. The third-order valence-corrected chi connectivity index (χ3v) is 19.3. The first-order valence-corrected chi connectivity index (χ1v) is 41.1. The van der Waals surface area contributed by atoms with E-state index in [2.05, 4.69) is 67.8 Å². The number of aliphatic hydroxyl groups excluding tert-OH is 5. The average molecular weight is 1340 g/mol. The van der Waals surface area contributed by atoms with Crippen LogP contribution in [0.25, 0.3) is 0 Å². The monoisotopic (exact) mass is 1340 g/mol. The highest BCUT2D eigenvalue weighted by molar-refractivity contribution is 5.76. The van der Waals surface area contributed by atoms with Gasteiger partial charge in [-0.1, -0.05) is 357 Å². The molecule has 7 unspecified atom stereocenters. The van der Waals surface area contributed by atoms with Crippen molar-refractivity contribution < 1.29 is 49.3 Å². The van der Waals surface area contributed by atoms with E-state index in [0.717, 1.165) is 70.6 Å². The van der Waals surface area contributed by atoms with E-state index < -0.39 is 49.5 Å². The molecule has 1 saturated heterocycles. The molecule has 0 aromatic carbocycles. The van der Waals surface area contributed by atoms with Gasteiger partial charge in [0.2, 0.25) is 5.91 Å². The summed E-state index contributed by atoms with van der Waals surface area (Å²) in [5.41, 5.74) is 0. The maximum atomic E-state index is 13.1. The van der Waals surface area contributed by atoms with Crippen LogP contribution in [0.15, 0.2) is 60.8 Å². The van der Waals surface area contributed by atoms with Crippen molar-refractivity contribution in [1.82, 2.24) is 5.32 Å². The summed E-state index contributed by atoms with van der Waals surface area (Å²) in [5.74, 6) is -0.175. The van der Waals surface area contributed by atoms with Crippen molar-refractivity contribution in [1.29, 1.82) is 0 Å². The molecule has 0 aromatic rings. The molecule has 556 valence electrons. The van der Waals surface area contributed by atoms with Crippen molar-refractivity contribution in [2.45, 2.75) is 442 Å². The quantitative estimate of drug-likeness (QED) is 0.0195. The Bertz CT molecular complexity index is 1770. The van der Waals surface area contributed by atoms with Crippen LogP contribution in [-0.2, 0) is 23.8 Å². The summed E-state index contributed by atoms with van der Waals surface area (Å²) in [6, 6.07) is -0.834. The minimum atomic E-state index is -1.58. The number of amides is 1. The molecule has 0 aliphatic carbocycles. The second kappa shape index (κ2) is 72.6. The fourth-order valence-corrected chi connectivity index (χ4v) is 12.9. The highest BCUT2D eigenvalue weighted by Gasteiger charge is 2.44. The zero-order valence-electron chi connectivity index (χ0n) is 62.1. The van der Waals surface area contributed by atoms with Crippen molar-refractivity contribution in [3.8, 4) is 0 Å². The van der Waals surface area contributed by atoms with Gasteiger partial charge >= 0.3 is 5.97 Å². The summed E-state index contributed by atoms with van der Waals surface area (Å²) in [5, 5.41) is 54.6. The Labute approximate surface area is 586 Å². The van der Waals surface area contributed by atoms with Crippen LogP contribution < -0.4 is 5.32 Å². The highest BCUT2D eigenvalue weighted by Crippen LogP contribution is 2.24. The Morgan fingerprint density at radius 1 is 0.389 bits per heavy atom. The fourth-order valence-electron chi connectivity index (χ4n) is 12.9. The van der Waals surface area contributed by atoms with E-state index in [1.54, 1.807) is 6.08 Å². The summed E-state index contributed by atoms with van der Waals surface area (Å²) < 4.78 is 16.8. The van der Waals surface area contributed by atoms with Gasteiger partial charge in [-0.25, -0.2) is 0 Å². The summed E-state index contributed by atoms with van der Waals surface area (Å²) >= 11 is 0. The molecule has 1 aliphatic heterocycles. The van der Waals surface area contributed by atoms with E-state index >= 15 is 0 Å². The predicted molar refractivity (Wildman–Crippen MR) is 403 cm³/mol. The van der Waals surface area contributed by atoms with Gasteiger partial charge in [0.05, 0.1) is 32.0 Å². The lowest BCUT2D eigenvalue weighted by molar-refractivity contribution is -0.302. The Morgan fingerprint density at radius 2 is 0.716 bits per heavy atom. The van der Waals surface area contributed by atoms with Crippen LogP contribution in [0.4, 0.5) is 0 Å². The number of aliphatic hydroxyl groups is 5. The van der Waals surface area contributed by atoms with Crippen LogP contribution >= 0.6 is 0 Å². The molecule has 0 aromatic heterocycles. The number of unbranched alkanes of at least 4 members (excludes halogenated alkanes) is 51. The van der Waals surface area contributed by atoms with Crippen LogP contribution in [0.2, 0.25) is 0 Å². The maximum Gasteiger partial charge on any atom is 0.305 e. The fraction of sp³-hybridized carbons (Fsp3) is 0.857. The SMILES string of the molecule is CCCCCCC/C=C/CC/C=C/CC/C=C/C(O)C(COC1OC(CO)C(O)C(O)C1O)NC(=O)CCCCCCCCCCCCCCCCCCC/C=C\C/C=C\CCCCCCCCCCCCCCCCCOC(=O)CCCCCCCCCCCCCCC. The number of hydrogen-bond acceptors (Lipinski definition) is 10. The molecular formula is C84H155NO10. The standard InChI is InChI=1S/C84H155NO10/c1-3-5-7-9-11-13-15-17-43-47-50-54-58-62-66-70-77(87)76(75-94-84-83(92)82(91)81(90)78(74-86)95-84)85-79(88)71-67-63-59-55-51-48-44-41-39-37-35-33-31-29-27-25-23-21-19-18-20-22-24-26-28-30-32-34-36-38-40-42-45-49-53-57-61-65-69-73-93-80(89)72-68-64-60-56-52-46-16-14-12-10-8-6-4-2/h15,17-19,22,24,50,54,66,70,76-78,81-84,86-87,90-92H,3-14,16,20-21,23,25-49,51-53,55-65,67-69,71-75H2,1-2H3,(H,85,88)/b17-15+,19-18-,24-22-,54-50+,70-66+. The van der Waals surface area contributed by atoms with Crippen molar-refractivity contribution in [3.63, 3.8) is 0 Å². The van der Waals surface area contributed by atoms with Crippen molar-refractivity contribution in [2.75, 3.05) is 19.8 Å². The normalized spacial score (nSPS) is 17.7. The Balaban J connectivity index is 1.93. The molecule has 1 rings (SSSR count). The van der Waals surface area contributed by atoms with Gasteiger partial charge in [-0.3, -0.25) is 9.59 Å². The number of nitrogens with one attached hydrogen (secondary N) is 1. The third-order valence-electron chi connectivity index (χ3n) is 19.3. The van der Waals surface area contributed by atoms with E-state index in [1.807, 2.05) is 6.08 Å². The van der Waals surface area contributed by atoms with Gasteiger partial charge in [-0.2, -0.15) is 0 Å². The van der Waals surface area contributed by atoms with Crippen LogP contribution in [0, 0.1) is 0 Å². The van der Waals surface area contributed by atoms with Gasteiger partial charge in [0.15, 0.2) is 6.29 Å². The molecule has 1 amide bonds. The molecule has 7 atom stereocenters. The van der Waals surface area contributed by atoms with E-state index in [0.29, 0.717) is 19.4 Å². The van der Waals surface area contributed by atoms with Gasteiger partial charge in [0.25, 0.3) is 0 Å². The lowest BCUT2D eigenvalue weighted by atomic mass is 9.99. The van der Waals surface area contributed by atoms with Gasteiger partial charge in [-0.15, -0.1) is 0 Å². The molecule has 0 radical (unpaired) electrons. The first-order chi connectivity index (χ1) is 46.7. The van der Waals surface area contributed by atoms with E-state index in [-0.39, 0.29) is 18.5 Å². The number of esters is 1. The molecule has 1 fully saturated rings. The minimum absolute atomic E-state index is 0.0162. The Kier molecular flexibility index (Phi) is 69.1. The van der Waals surface area contributed by atoms with Crippen molar-refractivity contribution >= 4 is 11.9 Å². The first-order valence-electron chi connectivity index (χ1n) is 41.1. The topological polar surface area (TPSA) is 175 Å². The van der Waals surface area contributed by atoms with E-state index in [4.69, 9.17) is 14.2 Å². The van der Waals surface area contributed by atoms with Gasteiger partial charge in [0.1, 0.15) is 24.4 Å². The molecule has 6 N–H and O–H groups in total.